The Morgan fingerprint density at radius 1 is 0.750 bits per heavy atom. The highest BCUT2D eigenvalue weighted by molar-refractivity contribution is 5.98. The van der Waals surface area contributed by atoms with Crippen LogP contribution in [0.15, 0.2) is 78.9 Å². The predicted octanol–water partition coefficient (Wildman–Crippen LogP) is 6.79. The van der Waals surface area contributed by atoms with Crippen LogP contribution in [0.25, 0.3) is 11.1 Å². The maximum Gasteiger partial charge on any atom is 0.191 e. The van der Waals surface area contributed by atoms with Gasteiger partial charge in [0.2, 0.25) is 0 Å². The summed E-state index contributed by atoms with van der Waals surface area (Å²) >= 11 is 0. The number of rotatable bonds is 9. The molecule has 3 aromatic carbocycles. The van der Waals surface area contributed by atoms with E-state index in [0.29, 0.717) is 6.61 Å². The van der Waals surface area contributed by atoms with E-state index in [0.717, 1.165) is 28.9 Å². The van der Waals surface area contributed by atoms with Gasteiger partial charge in [-0.2, -0.15) is 0 Å². The van der Waals surface area contributed by atoms with Gasteiger partial charge in [-0.05, 0) is 58.5 Å². The molecule has 32 heavy (non-hydrogen) atoms. The van der Waals surface area contributed by atoms with Gasteiger partial charge in [-0.15, -0.1) is 0 Å². The van der Waals surface area contributed by atoms with Crippen molar-refractivity contribution in [3.8, 4) is 11.5 Å². The third kappa shape index (κ3) is 6.71. The van der Waals surface area contributed by atoms with Crippen LogP contribution >= 0.6 is 0 Å². The minimum absolute atomic E-state index is 0.255. The Morgan fingerprint density at radius 2 is 1.28 bits per heavy atom. The predicted molar refractivity (Wildman–Crippen MR) is 132 cm³/mol. The fourth-order valence-corrected chi connectivity index (χ4v) is 3.42. The highest BCUT2D eigenvalue weighted by Crippen LogP contribution is 2.35. The number of aromatic hydroxyl groups is 1. The van der Waals surface area contributed by atoms with Crippen LogP contribution in [0.4, 0.5) is 0 Å². The van der Waals surface area contributed by atoms with Crippen molar-refractivity contribution in [3.63, 3.8) is 0 Å². The van der Waals surface area contributed by atoms with Crippen molar-refractivity contribution in [1.82, 2.24) is 0 Å². The van der Waals surface area contributed by atoms with Crippen LogP contribution in [-0.2, 0) is 9.47 Å². The molecule has 0 amide bonds. The van der Waals surface area contributed by atoms with Gasteiger partial charge in [0, 0.05) is 14.2 Å². The monoisotopic (exact) mass is 434 g/mol. The molecule has 0 heterocycles. The lowest BCUT2D eigenvalue weighted by atomic mass is 9.88. The quantitative estimate of drug-likeness (QED) is 0.298. The van der Waals surface area contributed by atoms with E-state index < -0.39 is 6.29 Å². The minimum atomic E-state index is -0.401. The molecule has 4 nitrogen and oxygen atoms in total. The normalized spacial score (nSPS) is 11.4. The van der Waals surface area contributed by atoms with Crippen LogP contribution < -0.4 is 4.74 Å². The molecule has 0 fully saturated rings. The number of methoxy groups -OCH3 is 2. The lowest BCUT2D eigenvalue weighted by Crippen LogP contribution is -2.21. The van der Waals surface area contributed by atoms with E-state index in [4.69, 9.17) is 14.2 Å². The van der Waals surface area contributed by atoms with Gasteiger partial charge < -0.3 is 19.3 Å². The Morgan fingerprint density at radius 3 is 1.78 bits per heavy atom. The zero-order chi connectivity index (χ0) is 23.3. The average Bonchev–Trinajstić information content (AvgIpc) is 2.86. The van der Waals surface area contributed by atoms with Crippen LogP contribution in [0.2, 0.25) is 0 Å². The first kappa shape index (κ1) is 25.2. The van der Waals surface area contributed by atoms with Crippen molar-refractivity contribution in [3.05, 3.63) is 95.6 Å². The second-order valence-corrected chi connectivity index (χ2v) is 6.86. The Bertz CT molecular complexity index is 941. The van der Waals surface area contributed by atoms with Crippen LogP contribution in [0.5, 0.6) is 11.5 Å². The number of allylic oxidation sites excluding steroid dienone is 1. The summed E-state index contributed by atoms with van der Waals surface area (Å²) in [5.74, 6) is 1.01. The second-order valence-electron chi connectivity index (χ2n) is 6.86. The van der Waals surface area contributed by atoms with Gasteiger partial charge in [0.05, 0.1) is 0 Å². The van der Waals surface area contributed by atoms with Crippen LogP contribution in [0.3, 0.4) is 0 Å². The third-order valence-corrected chi connectivity index (χ3v) is 4.99. The van der Waals surface area contributed by atoms with Crippen LogP contribution in [0.1, 0.15) is 43.9 Å². The SMILES string of the molecule is CC.CC/C(=C(\c1ccc(O)cc1)c1ccc(OCC(OC)OC)cc1)c1ccccc1. The fourth-order valence-electron chi connectivity index (χ4n) is 3.42. The van der Waals surface area contributed by atoms with E-state index >= 15 is 0 Å². The molecular weight excluding hydrogens is 400 g/mol. The van der Waals surface area contributed by atoms with Crippen molar-refractivity contribution >= 4 is 11.1 Å². The van der Waals surface area contributed by atoms with Gasteiger partial charge >= 0.3 is 0 Å². The Labute approximate surface area is 192 Å². The molecule has 0 saturated carbocycles. The standard InChI is InChI=1S/C26H28O4.C2H6/c1-4-24(19-8-6-5-7-9-19)26(20-10-14-22(27)15-11-20)21-12-16-23(17-13-21)30-18-25(28-2)29-3;1-2/h5-17,25,27H,4,18H2,1-3H3;1-2H3/b26-24-;. The Kier molecular flexibility index (Phi) is 10.5. The first-order valence-electron chi connectivity index (χ1n) is 11.0. The minimum Gasteiger partial charge on any atom is -0.508 e. The molecular formula is C28H34O4. The van der Waals surface area contributed by atoms with Gasteiger partial charge in [0.15, 0.2) is 6.29 Å². The number of ether oxygens (including phenoxy) is 3. The van der Waals surface area contributed by atoms with Crippen LogP contribution in [-0.4, -0.2) is 32.2 Å². The number of phenolic OH excluding ortho intramolecular Hbond substituents is 1. The topological polar surface area (TPSA) is 47.9 Å². The molecule has 0 unspecified atom stereocenters. The number of hydrogen-bond donors (Lipinski definition) is 1. The summed E-state index contributed by atoms with van der Waals surface area (Å²) in [4.78, 5) is 0. The van der Waals surface area contributed by atoms with E-state index in [2.05, 4.69) is 43.3 Å². The molecule has 1 N–H and O–H groups in total. The highest BCUT2D eigenvalue weighted by atomic mass is 16.7. The van der Waals surface area contributed by atoms with Crippen molar-refractivity contribution in [2.75, 3.05) is 20.8 Å². The lowest BCUT2D eigenvalue weighted by molar-refractivity contribution is -0.121. The van der Waals surface area contributed by atoms with Gasteiger partial charge in [-0.25, -0.2) is 0 Å². The summed E-state index contributed by atoms with van der Waals surface area (Å²) in [6.45, 7) is 6.48. The summed E-state index contributed by atoms with van der Waals surface area (Å²) in [5, 5.41) is 9.75. The average molecular weight is 435 g/mol. The van der Waals surface area contributed by atoms with E-state index in [1.54, 1.807) is 26.4 Å². The van der Waals surface area contributed by atoms with Crippen molar-refractivity contribution in [2.45, 2.75) is 33.5 Å². The molecule has 4 heteroatoms. The molecule has 0 atom stereocenters. The summed E-state index contributed by atoms with van der Waals surface area (Å²) in [6.07, 6.45) is 0.476. The molecule has 0 aliphatic heterocycles. The molecule has 3 aromatic rings. The van der Waals surface area contributed by atoms with Gasteiger partial charge in [0.1, 0.15) is 18.1 Å². The maximum atomic E-state index is 9.75. The molecule has 0 aliphatic rings. The first-order valence-corrected chi connectivity index (χ1v) is 11.0. The molecule has 170 valence electrons. The summed E-state index contributed by atoms with van der Waals surface area (Å²) < 4.78 is 16.1. The van der Waals surface area contributed by atoms with Gasteiger partial charge in [-0.1, -0.05) is 75.4 Å². The zero-order valence-corrected chi connectivity index (χ0v) is 19.7. The number of hydrogen-bond acceptors (Lipinski definition) is 4. The summed E-state index contributed by atoms with van der Waals surface area (Å²) in [5.41, 5.74) is 5.71. The third-order valence-electron chi connectivity index (χ3n) is 4.99. The summed E-state index contributed by atoms with van der Waals surface area (Å²) in [6, 6.07) is 25.8. The number of benzene rings is 3. The molecule has 0 saturated heterocycles. The van der Waals surface area contributed by atoms with Gasteiger partial charge in [-0.3, -0.25) is 0 Å². The molecule has 0 spiro atoms. The molecule has 0 radical (unpaired) electrons. The number of phenols is 1. The Hall–Kier alpha value is -3.08. The molecule has 0 bridgehead atoms. The van der Waals surface area contributed by atoms with E-state index in [-0.39, 0.29) is 5.75 Å². The highest BCUT2D eigenvalue weighted by Gasteiger charge is 2.14. The fraction of sp³-hybridized carbons (Fsp3) is 0.286. The molecule has 3 rings (SSSR count). The Balaban J connectivity index is 0.00000176. The summed E-state index contributed by atoms with van der Waals surface area (Å²) in [7, 11) is 3.18. The van der Waals surface area contributed by atoms with Crippen molar-refractivity contribution < 1.29 is 19.3 Å². The van der Waals surface area contributed by atoms with Crippen molar-refractivity contribution in [2.24, 2.45) is 0 Å². The largest absolute Gasteiger partial charge is 0.508 e. The van der Waals surface area contributed by atoms with E-state index in [1.165, 1.54) is 11.1 Å². The smallest absolute Gasteiger partial charge is 0.191 e. The zero-order valence-electron chi connectivity index (χ0n) is 19.7. The second kappa shape index (κ2) is 13.4. The van der Waals surface area contributed by atoms with Crippen LogP contribution in [0, 0.1) is 0 Å². The van der Waals surface area contributed by atoms with E-state index in [9.17, 15) is 5.11 Å². The maximum absolute atomic E-state index is 9.75. The molecule has 0 aliphatic carbocycles. The lowest BCUT2D eigenvalue weighted by Gasteiger charge is -2.17. The van der Waals surface area contributed by atoms with E-state index in [1.807, 2.05) is 44.2 Å². The molecule has 0 aromatic heterocycles. The van der Waals surface area contributed by atoms with Gasteiger partial charge in [0.25, 0.3) is 0 Å². The van der Waals surface area contributed by atoms with Crippen molar-refractivity contribution in [1.29, 1.82) is 0 Å². The first-order chi connectivity index (χ1) is 15.7.